The molecule has 1 saturated heterocycles. The lowest BCUT2D eigenvalue weighted by molar-refractivity contribution is 0.157. The maximum atomic E-state index is 12.6. The van der Waals surface area contributed by atoms with Gasteiger partial charge >= 0.3 is 0 Å². The van der Waals surface area contributed by atoms with Gasteiger partial charge in [-0.1, -0.05) is 0 Å². The van der Waals surface area contributed by atoms with Crippen molar-refractivity contribution in [3.05, 3.63) is 47.1 Å². The van der Waals surface area contributed by atoms with E-state index < -0.39 is 0 Å². The summed E-state index contributed by atoms with van der Waals surface area (Å²) < 4.78 is 7.50. The van der Waals surface area contributed by atoms with Crippen LogP contribution in [0.25, 0.3) is 10.9 Å². The number of aromatic nitrogens is 4. The lowest BCUT2D eigenvalue weighted by Gasteiger charge is -2.28. The van der Waals surface area contributed by atoms with Crippen molar-refractivity contribution in [3.63, 3.8) is 0 Å². The van der Waals surface area contributed by atoms with Crippen LogP contribution in [0.3, 0.4) is 0 Å². The first-order chi connectivity index (χ1) is 13.6. The van der Waals surface area contributed by atoms with Gasteiger partial charge in [0.1, 0.15) is 5.69 Å². The zero-order valence-electron chi connectivity index (χ0n) is 16.1. The minimum absolute atomic E-state index is 0.132. The molecule has 0 bridgehead atoms. The fourth-order valence-corrected chi connectivity index (χ4v) is 3.38. The lowest BCUT2D eigenvalue weighted by Crippen LogP contribution is -2.32. The number of rotatable bonds is 5. The quantitative estimate of drug-likeness (QED) is 0.726. The molecule has 28 heavy (non-hydrogen) atoms. The molecule has 0 saturated carbocycles. The topological polar surface area (TPSA) is 85.2 Å². The highest BCUT2D eigenvalue weighted by Crippen LogP contribution is 2.26. The molecule has 0 atom stereocenters. The predicted molar refractivity (Wildman–Crippen MR) is 108 cm³/mol. The Morgan fingerprint density at radius 1 is 1.21 bits per heavy atom. The Labute approximate surface area is 163 Å². The maximum absolute atomic E-state index is 12.6. The summed E-state index contributed by atoms with van der Waals surface area (Å²) in [6.07, 6.45) is 7.13. The molecule has 1 N–H and O–H groups in total. The van der Waals surface area contributed by atoms with Crippen molar-refractivity contribution in [3.8, 4) is 5.88 Å². The second-order valence-electron chi connectivity index (χ2n) is 7.23. The van der Waals surface area contributed by atoms with Crippen LogP contribution in [-0.2, 0) is 7.05 Å². The fraction of sp³-hybridized carbons (Fsp3) is 0.400. The normalized spacial score (nSPS) is 15.6. The van der Waals surface area contributed by atoms with Crippen molar-refractivity contribution >= 4 is 22.5 Å². The Kier molecular flexibility index (Phi) is 5.21. The van der Waals surface area contributed by atoms with E-state index >= 15 is 0 Å². The van der Waals surface area contributed by atoms with Gasteiger partial charge in [-0.3, -0.25) is 14.3 Å². The highest BCUT2D eigenvalue weighted by molar-refractivity contribution is 5.78. The summed E-state index contributed by atoms with van der Waals surface area (Å²) in [6.45, 7) is 2.82. The second-order valence-corrected chi connectivity index (χ2v) is 7.23. The molecule has 1 aliphatic rings. The SMILES string of the molecule is CN1CCC(COc2ncccc2Nc2nc3cnccc3c(=O)n2C)CC1. The highest BCUT2D eigenvalue weighted by Gasteiger charge is 2.18. The van der Waals surface area contributed by atoms with Crippen molar-refractivity contribution < 1.29 is 4.74 Å². The number of nitrogens with zero attached hydrogens (tertiary/aromatic N) is 5. The summed E-state index contributed by atoms with van der Waals surface area (Å²) >= 11 is 0. The minimum Gasteiger partial charge on any atom is -0.476 e. The summed E-state index contributed by atoms with van der Waals surface area (Å²) in [5, 5.41) is 3.73. The first-order valence-electron chi connectivity index (χ1n) is 9.46. The van der Waals surface area contributed by atoms with Gasteiger partial charge in [-0.05, 0) is 57.1 Å². The maximum Gasteiger partial charge on any atom is 0.262 e. The van der Waals surface area contributed by atoms with Gasteiger partial charge in [0.15, 0.2) is 0 Å². The van der Waals surface area contributed by atoms with Crippen LogP contribution in [0, 0.1) is 5.92 Å². The number of nitrogens with one attached hydrogen (secondary N) is 1. The first kappa shape index (κ1) is 18.4. The molecular formula is C20H24N6O2. The standard InChI is InChI=1S/C20H24N6O2/c1-25-10-6-14(7-11-25)13-28-18-16(4-3-8-22-18)23-20-24-17-12-21-9-5-15(17)19(27)26(20)2/h3-5,8-9,12,14H,6-7,10-11,13H2,1-2H3,(H,23,24). The van der Waals surface area contributed by atoms with E-state index in [-0.39, 0.29) is 5.56 Å². The summed E-state index contributed by atoms with van der Waals surface area (Å²) in [7, 11) is 3.83. The molecule has 0 aromatic carbocycles. The molecule has 4 heterocycles. The zero-order chi connectivity index (χ0) is 19.5. The fourth-order valence-electron chi connectivity index (χ4n) is 3.38. The summed E-state index contributed by atoms with van der Waals surface area (Å²) in [4.78, 5) is 27.9. The van der Waals surface area contributed by atoms with Crippen LogP contribution in [0.15, 0.2) is 41.6 Å². The minimum atomic E-state index is -0.132. The summed E-state index contributed by atoms with van der Waals surface area (Å²) in [5.74, 6) is 1.46. The molecule has 0 unspecified atom stereocenters. The molecule has 1 aliphatic heterocycles. The number of likely N-dealkylation sites (tertiary alicyclic amines) is 1. The molecule has 0 radical (unpaired) electrons. The Morgan fingerprint density at radius 3 is 2.86 bits per heavy atom. The smallest absolute Gasteiger partial charge is 0.262 e. The van der Waals surface area contributed by atoms with Gasteiger partial charge in [-0.2, -0.15) is 0 Å². The van der Waals surface area contributed by atoms with Crippen LogP contribution in [0.2, 0.25) is 0 Å². The van der Waals surface area contributed by atoms with Crippen LogP contribution in [-0.4, -0.2) is 51.2 Å². The van der Waals surface area contributed by atoms with Gasteiger partial charge in [-0.25, -0.2) is 9.97 Å². The van der Waals surface area contributed by atoms with Gasteiger partial charge in [0, 0.05) is 19.4 Å². The molecule has 8 heteroatoms. The van der Waals surface area contributed by atoms with Crippen molar-refractivity contribution in [2.75, 3.05) is 32.1 Å². The molecule has 3 aromatic heterocycles. The van der Waals surface area contributed by atoms with E-state index in [0.29, 0.717) is 40.9 Å². The van der Waals surface area contributed by atoms with Gasteiger partial charge in [0.05, 0.1) is 23.7 Å². The third-order valence-electron chi connectivity index (χ3n) is 5.19. The summed E-state index contributed by atoms with van der Waals surface area (Å²) in [5.41, 5.74) is 1.10. The van der Waals surface area contributed by atoms with Crippen LogP contribution in [0.5, 0.6) is 5.88 Å². The largest absolute Gasteiger partial charge is 0.476 e. The number of fused-ring (bicyclic) bond motifs is 1. The molecule has 4 rings (SSSR count). The van der Waals surface area contributed by atoms with Crippen LogP contribution < -0.4 is 15.6 Å². The lowest BCUT2D eigenvalue weighted by atomic mass is 9.98. The number of hydrogen-bond donors (Lipinski definition) is 1. The molecule has 3 aromatic rings. The van der Waals surface area contributed by atoms with Gasteiger partial charge < -0.3 is 15.0 Å². The van der Waals surface area contributed by atoms with E-state index in [1.165, 1.54) is 4.57 Å². The first-order valence-corrected chi connectivity index (χ1v) is 9.46. The Morgan fingerprint density at radius 2 is 2.04 bits per heavy atom. The molecular weight excluding hydrogens is 356 g/mol. The van der Waals surface area contributed by atoms with Crippen LogP contribution in [0.1, 0.15) is 12.8 Å². The number of anilines is 2. The Hall–Kier alpha value is -3.00. The molecule has 0 spiro atoms. The van der Waals surface area contributed by atoms with Crippen LogP contribution in [0.4, 0.5) is 11.6 Å². The van der Waals surface area contributed by atoms with Gasteiger partial charge in [0.25, 0.3) is 5.56 Å². The average Bonchev–Trinajstić information content (AvgIpc) is 2.72. The highest BCUT2D eigenvalue weighted by atomic mass is 16.5. The number of ether oxygens (including phenoxy) is 1. The third-order valence-corrected chi connectivity index (χ3v) is 5.19. The predicted octanol–water partition coefficient (Wildman–Crippen LogP) is 2.19. The van der Waals surface area contributed by atoms with E-state index in [2.05, 4.69) is 32.2 Å². The Bertz CT molecular complexity index is 1030. The molecule has 0 aliphatic carbocycles. The van der Waals surface area contributed by atoms with Crippen LogP contribution >= 0.6 is 0 Å². The third kappa shape index (κ3) is 3.82. The van der Waals surface area contributed by atoms with E-state index in [1.807, 2.05) is 12.1 Å². The number of pyridine rings is 2. The van der Waals surface area contributed by atoms with Crippen molar-refractivity contribution in [2.45, 2.75) is 12.8 Å². The van der Waals surface area contributed by atoms with Crippen molar-refractivity contribution in [1.82, 2.24) is 24.4 Å². The number of piperidine rings is 1. The van der Waals surface area contributed by atoms with E-state index in [4.69, 9.17) is 4.74 Å². The molecule has 0 amide bonds. The molecule has 1 fully saturated rings. The van der Waals surface area contributed by atoms with E-state index in [1.54, 1.807) is 31.7 Å². The Balaban J connectivity index is 1.55. The van der Waals surface area contributed by atoms with Crippen molar-refractivity contribution in [1.29, 1.82) is 0 Å². The van der Waals surface area contributed by atoms with E-state index in [0.717, 1.165) is 25.9 Å². The monoisotopic (exact) mass is 380 g/mol. The van der Waals surface area contributed by atoms with E-state index in [9.17, 15) is 4.79 Å². The number of hydrogen-bond acceptors (Lipinski definition) is 7. The van der Waals surface area contributed by atoms with Gasteiger partial charge in [0.2, 0.25) is 11.8 Å². The molecule has 8 nitrogen and oxygen atoms in total. The second kappa shape index (κ2) is 7.93. The molecule has 146 valence electrons. The average molecular weight is 380 g/mol. The summed E-state index contributed by atoms with van der Waals surface area (Å²) in [6, 6.07) is 5.37. The zero-order valence-corrected chi connectivity index (χ0v) is 16.1. The van der Waals surface area contributed by atoms with Gasteiger partial charge in [-0.15, -0.1) is 0 Å². The van der Waals surface area contributed by atoms with Crippen molar-refractivity contribution in [2.24, 2.45) is 13.0 Å².